The van der Waals surface area contributed by atoms with E-state index in [2.05, 4.69) is 9.97 Å². The summed E-state index contributed by atoms with van der Waals surface area (Å²) in [5, 5.41) is 0. The van der Waals surface area contributed by atoms with Crippen molar-refractivity contribution < 1.29 is 14.4 Å². The molecule has 3 amide bonds. The van der Waals surface area contributed by atoms with Crippen LogP contribution in [0.25, 0.3) is 0 Å². The van der Waals surface area contributed by atoms with Crippen LogP contribution in [-0.2, 0) is 9.59 Å². The highest BCUT2D eigenvalue weighted by atomic mass is 32.2. The van der Waals surface area contributed by atoms with E-state index in [0.717, 1.165) is 16.3 Å². The number of thioether (sulfide) groups is 1. The molecule has 0 atom stereocenters. The van der Waals surface area contributed by atoms with Crippen LogP contribution in [0.15, 0.2) is 47.8 Å². The quantitative estimate of drug-likeness (QED) is 0.741. The van der Waals surface area contributed by atoms with Crippen molar-refractivity contribution in [1.29, 1.82) is 0 Å². The van der Waals surface area contributed by atoms with Gasteiger partial charge in [0.05, 0.1) is 11.9 Å². The Morgan fingerprint density at radius 2 is 1.63 bits per heavy atom. The fraction of sp³-hybridized carbons (Fsp3) is 0.381. The lowest BCUT2D eigenvalue weighted by Gasteiger charge is -2.34. The van der Waals surface area contributed by atoms with Gasteiger partial charge in [0.2, 0.25) is 11.8 Å². The predicted octanol–water partition coefficient (Wildman–Crippen LogP) is 1.68. The van der Waals surface area contributed by atoms with Crippen LogP contribution in [0.3, 0.4) is 0 Å². The van der Waals surface area contributed by atoms with Crippen molar-refractivity contribution in [2.75, 3.05) is 43.4 Å². The van der Waals surface area contributed by atoms with E-state index in [-0.39, 0.29) is 30.6 Å². The van der Waals surface area contributed by atoms with Crippen molar-refractivity contribution in [2.45, 2.75) is 17.7 Å². The van der Waals surface area contributed by atoms with Crippen LogP contribution in [0.1, 0.15) is 23.3 Å². The Balaban J connectivity index is 1.27. The molecule has 0 aliphatic carbocycles. The lowest BCUT2D eigenvalue weighted by Crippen LogP contribution is -2.50. The van der Waals surface area contributed by atoms with E-state index in [1.54, 1.807) is 26.5 Å². The molecule has 2 aliphatic rings. The van der Waals surface area contributed by atoms with Crippen molar-refractivity contribution in [1.82, 2.24) is 19.8 Å². The summed E-state index contributed by atoms with van der Waals surface area (Å²) in [5.41, 5.74) is 1.24. The Morgan fingerprint density at radius 3 is 2.40 bits per heavy atom. The number of para-hydroxylation sites is 1. The number of aromatic nitrogens is 2. The molecule has 1 aromatic carbocycles. The number of piperazine rings is 1. The normalized spacial score (nSPS) is 16.2. The Hall–Kier alpha value is -2.94. The van der Waals surface area contributed by atoms with E-state index in [1.165, 1.54) is 18.6 Å². The number of carbonyl (C=O) groups excluding carboxylic acids is 3. The number of benzene rings is 1. The van der Waals surface area contributed by atoms with Crippen LogP contribution in [0.5, 0.6) is 0 Å². The highest BCUT2D eigenvalue weighted by Gasteiger charge is 2.27. The van der Waals surface area contributed by atoms with E-state index in [4.69, 9.17) is 0 Å². The van der Waals surface area contributed by atoms with Crippen LogP contribution in [0, 0.1) is 0 Å². The van der Waals surface area contributed by atoms with Gasteiger partial charge in [-0.15, -0.1) is 11.8 Å². The smallest absolute Gasteiger partial charge is 0.274 e. The van der Waals surface area contributed by atoms with Crippen LogP contribution in [-0.4, -0.2) is 76.0 Å². The highest BCUT2D eigenvalue weighted by Crippen LogP contribution is 2.34. The molecule has 0 unspecified atom stereocenters. The zero-order valence-corrected chi connectivity index (χ0v) is 17.4. The van der Waals surface area contributed by atoms with Gasteiger partial charge in [0.25, 0.3) is 5.91 Å². The number of hydrogen-bond acceptors (Lipinski definition) is 6. The van der Waals surface area contributed by atoms with E-state index in [9.17, 15) is 14.4 Å². The molecule has 2 aliphatic heterocycles. The molecule has 4 rings (SSSR count). The average molecular weight is 426 g/mol. The Labute approximate surface area is 179 Å². The summed E-state index contributed by atoms with van der Waals surface area (Å²) in [6.45, 7) is 2.49. The molecule has 0 saturated carbocycles. The second-order valence-electron chi connectivity index (χ2n) is 7.13. The average Bonchev–Trinajstić information content (AvgIpc) is 2.82. The summed E-state index contributed by atoms with van der Waals surface area (Å²) in [5.74, 6) is 0.618. The molecule has 3 heterocycles. The third-order valence-corrected chi connectivity index (χ3v) is 6.33. The first-order valence-corrected chi connectivity index (χ1v) is 11.0. The number of anilines is 1. The Bertz CT molecular complexity index is 931. The van der Waals surface area contributed by atoms with Crippen molar-refractivity contribution in [3.8, 4) is 0 Å². The molecule has 0 spiro atoms. The molecule has 1 aromatic heterocycles. The molecule has 9 heteroatoms. The summed E-state index contributed by atoms with van der Waals surface area (Å²) < 4.78 is 0. The molecular formula is C21H23N5O3S. The molecule has 0 bridgehead atoms. The Kier molecular flexibility index (Phi) is 6.27. The summed E-state index contributed by atoms with van der Waals surface area (Å²) in [6, 6.07) is 7.87. The van der Waals surface area contributed by atoms with E-state index in [0.29, 0.717) is 38.4 Å². The van der Waals surface area contributed by atoms with Gasteiger partial charge < -0.3 is 14.7 Å². The van der Waals surface area contributed by atoms with E-state index in [1.807, 2.05) is 24.3 Å². The van der Waals surface area contributed by atoms with Crippen molar-refractivity contribution >= 4 is 35.2 Å². The molecule has 8 nitrogen and oxygen atoms in total. The van der Waals surface area contributed by atoms with Gasteiger partial charge in [0.1, 0.15) is 5.69 Å². The molecule has 156 valence electrons. The second-order valence-corrected chi connectivity index (χ2v) is 8.26. The number of amides is 3. The first-order chi connectivity index (χ1) is 14.6. The maximum absolute atomic E-state index is 12.7. The van der Waals surface area contributed by atoms with Crippen molar-refractivity contribution in [3.05, 3.63) is 48.5 Å². The maximum atomic E-state index is 12.7. The van der Waals surface area contributed by atoms with Crippen LogP contribution in [0.4, 0.5) is 5.69 Å². The largest absolute Gasteiger partial charge is 0.339 e. The van der Waals surface area contributed by atoms with Gasteiger partial charge in [-0.1, -0.05) is 12.1 Å². The minimum atomic E-state index is -0.174. The van der Waals surface area contributed by atoms with Crippen LogP contribution in [0.2, 0.25) is 0 Å². The standard InChI is InChI=1S/C21H23N5O3S/c27-19(5-6-20(28)26-13-14-30-18-4-2-1-3-17(18)26)24-9-11-25(12-10-24)21(29)16-15-22-7-8-23-16/h1-4,7-8,15H,5-6,9-14H2. The van der Waals surface area contributed by atoms with Crippen molar-refractivity contribution in [2.24, 2.45) is 0 Å². The minimum absolute atomic E-state index is 0.0208. The first-order valence-electron chi connectivity index (χ1n) is 9.99. The minimum Gasteiger partial charge on any atom is -0.339 e. The molecule has 30 heavy (non-hydrogen) atoms. The molecular weight excluding hydrogens is 402 g/mol. The molecule has 1 saturated heterocycles. The molecule has 2 aromatic rings. The lowest BCUT2D eigenvalue weighted by molar-refractivity contribution is -0.134. The van der Waals surface area contributed by atoms with Gasteiger partial charge in [-0.25, -0.2) is 4.98 Å². The zero-order chi connectivity index (χ0) is 20.9. The summed E-state index contributed by atoms with van der Waals surface area (Å²) >= 11 is 1.75. The monoisotopic (exact) mass is 425 g/mol. The number of fused-ring (bicyclic) bond motifs is 1. The van der Waals surface area contributed by atoms with E-state index < -0.39 is 0 Å². The summed E-state index contributed by atoms with van der Waals surface area (Å²) in [6.07, 6.45) is 4.83. The fourth-order valence-corrected chi connectivity index (χ4v) is 4.66. The Morgan fingerprint density at radius 1 is 0.900 bits per heavy atom. The number of hydrogen-bond donors (Lipinski definition) is 0. The summed E-state index contributed by atoms with van der Waals surface area (Å²) in [7, 11) is 0. The maximum Gasteiger partial charge on any atom is 0.274 e. The van der Waals surface area contributed by atoms with Crippen LogP contribution >= 0.6 is 11.8 Å². The molecule has 0 N–H and O–H groups in total. The number of rotatable bonds is 4. The SMILES string of the molecule is O=C(CCC(=O)N1CCSc2ccccc21)N1CCN(C(=O)c2cnccn2)CC1. The van der Waals surface area contributed by atoms with Gasteiger partial charge in [0, 0.05) is 68.6 Å². The summed E-state index contributed by atoms with van der Waals surface area (Å²) in [4.78, 5) is 52.0. The van der Waals surface area contributed by atoms with Crippen LogP contribution < -0.4 is 4.90 Å². The van der Waals surface area contributed by atoms with Gasteiger partial charge in [-0.3, -0.25) is 19.4 Å². The lowest BCUT2D eigenvalue weighted by atomic mass is 10.2. The third kappa shape index (κ3) is 4.46. The van der Waals surface area contributed by atoms with E-state index >= 15 is 0 Å². The van der Waals surface area contributed by atoms with Gasteiger partial charge in [0.15, 0.2) is 0 Å². The van der Waals surface area contributed by atoms with Gasteiger partial charge in [-0.05, 0) is 12.1 Å². The molecule has 1 fully saturated rings. The topological polar surface area (TPSA) is 86.7 Å². The highest BCUT2D eigenvalue weighted by molar-refractivity contribution is 7.99. The first kappa shape index (κ1) is 20.3. The van der Waals surface area contributed by atoms with Gasteiger partial charge in [-0.2, -0.15) is 0 Å². The third-order valence-electron chi connectivity index (χ3n) is 5.28. The number of nitrogens with zero attached hydrogens (tertiary/aromatic N) is 5. The molecule has 0 radical (unpaired) electrons. The predicted molar refractivity (Wildman–Crippen MR) is 113 cm³/mol. The second kappa shape index (κ2) is 9.25. The van der Waals surface area contributed by atoms with Crippen molar-refractivity contribution in [3.63, 3.8) is 0 Å². The van der Waals surface area contributed by atoms with Gasteiger partial charge >= 0.3 is 0 Å². The fourth-order valence-electron chi connectivity index (χ4n) is 3.67. The zero-order valence-electron chi connectivity index (χ0n) is 16.6. The number of carbonyl (C=O) groups is 3.